The Morgan fingerprint density at radius 3 is 2.65 bits per heavy atom. The van der Waals surface area contributed by atoms with Gasteiger partial charge >= 0.3 is 5.97 Å². The molecular weight excluding hydrogens is 221 g/mol. The number of nitrogens with zero attached hydrogens (tertiary/aromatic N) is 1. The number of carbonyl (C=O) groups is 1. The number of rotatable bonds is 2. The summed E-state index contributed by atoms with van der Waals surface area (Å²) in [7, 11) is 0. The first-order valence-corrected chi connectivity index (χ1v) is 5.04. The second kappa shape index (κ2) is 4.33. The predicted octanol–water partition coefficient (Wildman–Crippen LogP) is 2.89. The van der Waals surface area contributed by atoms with Gasteiger partial charge in [0, 0.05) is 23.0 Å². The van der Waals surface area contributed by atoms with Crippen molar-refractivity contribution in [2.45, 2.75) is 6.92 Å². The number of halogens is 1. The predicted molar refractivity (Wildman–Crippen MR) is 61.3 cm³/mol. The third-order valence-electron chi connectivity index (χ3n) is 2.43. The van der Waals surface area contributed by atoms with Gasteiger partial charge < -0.3 is 5.11 Å². The minimum Gasteiger partial charge on any atom is -0.478 e. The van der Waals surface area contributed by atoms with Crippen LogP contribution in [0.2, 0.25) is 0 Å². The van der Waals surface area contributed by atoms with Crippen LogP contribution >= 0.6 is 0 Å². The maximum absolute atomic E-state index is 13.2. The maximum atomic E-state index is 13.2. The largest absolute Gasteiger partial charge is 0.478 e. The van der Waals surface area contributed by atoms with Gasteiger partial charge in [-0.25, -0.2) is 9.18 Å². The molecule has 0 aliphatic heterocycles. The lowest BCUT2D eigenvalue weighted by Crippen LogP contribution is -2.00. The Hall–Kier alpha value is -2.23. The molecule has 1 aromatic heterocycles. The Morgan fingerprint density at radius 1 is 1.29 bits per heavy atom. The normalized spacial score (nSPS) is 10.2. The molecule has 0 bridgehead atoms. The molecule has 0 atom stereocenters. The number of pyridine rings is 1. The number of hydrogen-bond acceptors (Lipinski definition) is 2. The molecule has 0 fully saturated rings. The quantitative estimate of drug-likeness (QED) is 0.864. The lowest BCUT2D eigenvalue weighted by Gasteiger charge is -2.06. The Kier molecular flexibility index (Phi) is 2.87. The van der Waals surface area contributed by atoms with E-state index in [0.29, 0.717) is 11.1 Å². The third kappa shape index (κ3) is 2.30. The molecule has 0 saturated heterocycles. The van der Waals surface area contributed by atoms with E-state index >= 15 is 0 Å². The SMILES string of the molecule is Cc1ccc(-c2cc(F)ccc2C(=O)O)cn1. The molecule has 1 heterocycles. The van der Waals surface area contributed by atoms with Crippen LogP contribution in [-0.2, 0) is 0 Å². The van der Waals surface area contributed by atoms with Crippen LogP contribution in [0.25, 0.3) is 11.1 Å². The highest BCUT2D eigenvalue weighted by molar-refractivity contribution is 5.95. The number of aryl methyl sites for hydroxylation is 1. The molecule has 0 radical (unpaired) electrons. The van der Waals surface area contributed by atoms with Crippen LogP contribution in [0.5, 0.6) is 0 Å². The van der Waals surface area contributed by atoms with Crippen molar-refractivity contribution >= 4 is 5.97 Å². The Labute approximate surface area is 97.6 Å². The van der Waals surface area contributed by atoms with Crippen molar-refractivity contribution in [2.75, 3.05) is 0 Å². The van der Waals surface area contributed by atoms with Crippen LogP contribution in [0.15, 0.2) is 36.5 Å². The van der Waals surface area contributed by atoms with Gasteiger partial charge in [-0.1, -0.05) is 6.07 Å². The molecule has 2 aromatic rings. The average Bonchev–Trinajstić information content (AvgIpc) is 2.29. The minimum absolute atomic E-state index is 0.0667. The fourth-order valence-electron chi connectivity index (χ4n) is 1.57. The van der Waals surface area contributed by atoms with E-state index in [4.69, 9.17) is 5.11 Å². The Bertz CT molecular complexity index is 564. The number of carboxylic acids is 1. The third-order valence-corrected chi connectivity index (χ3v) is 2.43. The first kappa shape index (κ1) is 11.3. The van der Waals surface area contributed by atoms with Crippen LogP contribution in [0, 0.1) is 12.7 Å². The van der Waals surface area contributed by atoms with Crippen LogP contribution in [0.4, 0.5) is 4.39 Å². The topological polar surface area (TPSA) is 50.2 Å². The summed E-state index contributed by atoms with van der Waals surface area (Å²) in [6.07, 6.45) is 1.54. The Morgan fingerprint density at radius 2 is 2.06 bits per heavy atom. The van der Waals surface area contributed by atoms with Gasteiger partial charge in [-0.05, 0) is 31.2 Å². The maximum Gasteiger partial charge on any atom is 0.336 e. The number of aromatic nitrogens is 1. The van der Waals surface area contributed by atoms with Gasteiger partial charge in [0.1, 0.15) is 5.82 Å². The van der Waals surface area contributed by atoms with Crippen molar-refractivity contribution in [3.05, 3.63) is 53.6 Å². The minimum atomic E-state index is -1.08. The molecule has 1 aromatic carbocycles. The number of benzene rings is 1. The van der Waals surface area contributed by atoms with Gasteiger partial charge in [0.25, 0.3) is 0 Å². The van der Waals surface area contributed by atoms with Gasteiger partial charge in [-0.2, -0.15) is 0 Å². The van der Waals surface area contributed by atoms with Gasteiger partial charge in [0.15, 0.2) is 0 Å². The van der Waals surface area contributed by atoms with Crippen molar-refractivity contribution in [3.8, 4) is 11.1 Å². The second-order valence-electron chi connectivity index (χ2n) is 3.68. The van der Waals surface area contributed by atoms with E-state index in [0.717, 1.165) is 11.8 Å². The van der Waals surface area contributed by atoms with Crippen molar-refractivity contribution in [3.63, 3.8) is 0 Å². The molecule has 0 spiro atoms. The molecule has 3 nitrogen and oxygen atoms in total. The van der Waals surface area contributed by atoms with Crippen LogP contribution in [0.3, 0.4) is 0 Å². The number of hydrogen-bond donors (Lipinski definition) is 1. The fraction of sp³-hybridized carbons (Fsp3) is 0.0769. The molecule has 1 N–H and O–H groups in total. The van der Waals surface area contributed by atoms with E-state index in [1.807, 2.05) is 6.92 Å². The molecule has 2 rings (SSSR count). The Balaban J connectivity index is 2.60. The number of carboxylic acid groups (broad SMARTS) is 1. The molecule has 0 amide bonds. The van der Waals surface area contributed by atoms with Crippen LogP contribution < -0.4 is 0 Å². The van der Waals surface area contributed by atoms with E-state index in [-0.39, 0.29) is 5.56 Å². The summed E-state index contributed by atoms with van der Waals surface area (Å²) in [6, 6.07) is 7.08. The zero-order chi connectivity index (χ0) is 12.4. The van der Waals surface area contributed by atoms with Gasteiger partial charge in [-0.15, -0.1) is 0 Å². The summed E-state index contributed by atoms with van der Waals surface area (Å²) in [6.45, 7) is 1.83. The van der Waals surface area contributed by atoms with Crippen LogP contribution in [0.1, 0.15) is 16.1 Å². The van der Waals surface area contributed by atoms with Crippen molar-refractivity contribution in [1.82, 2.24) is 4.98 Å². The lowest BCUT2D eigenvalue weighted by molar-refractivity contribution is 0.0697. The molecule has 4 heteroatoms. The van der Waals surface area contributed by atoms with E-state index in [9.17, 15) is 9.18 Å². The molecule has 0 saturated carbocycles. The highest BCUT2D eigenvalue weighted by Crippen LogP contribution is 2.24. The highest BCUT2D eigenvalue weighted by Gasteiger charge is 2.12. The van der Waals surface area contributed by atoms with Crippen molar-refractivity contribution in [1.29, 1.82) is 0 Å². The monoisotopic (exact) mass is 231 g/mol. The number of aromatic carboxylic acids is 1. The van der Waals surface area contributed by atoms with Crippen LogP contribution in [-0.4, -0.2) is 16.1 Å². The van der Waals surface area contributed by atoms with Gasteiger partial charge in [0.2, 0.25) is 0 Å². The van der Waals surface area contributed by atoms with Crippen molar-refractivity contribution in [2.24, 2.45) is 0 Å². The molecule has 0 unspecified atom stereocenters. The highest BCUT2D eigenvalue weighted by atomic mass is 19.1. The smallest absolute Gasteiger partial charge is 0.336 e. The standard InChI is InChI=1S/C13H10FNO2/c1-8-2-3-9(7-15-8)12-6-10(14)4-5-11(12)13(16)17/h2-7H,1H3,(H,16,17). The van der Waals surface area contributed by atoms with Gasteiger partial charge in [0.05, 0.1) is 5.56 Å². The first-order chi connectivity index (χ1) is 8.08. The summed E-state index contributed by atoms with van der Waals surface area (Å²) in [5.41, 5.74) is 1.82. The van der Waals surface area contributed by atoms with E-state index in [1.54, 1.807) is 12.1 Å². The second-order valence-corrected chi connectivity index (χ2v) is 3.68. The summed E-state index contributed by atoms with van der Waals surface area (Å²) in [5.74, 6) is -1.55. The molecule has 0 aliphatic rings. The zero-order valence-electron chi connectivity index (χ0n) is 9.14. The van der Waals surface area contributed by atoms with E-state index in [2.05, 4.69) is 4.98 Å². The average molecular weight is 231 g/mol. The lowest BCUT2D eigenvalue weighted by atomic mass is 10.0. The molecule has 0 aliphatic carbocycles. The first-order valence-electron chi connectivity index (χ1n) is 5.04. The van der Waals surface area contributed by atoms with Crippen molar-refractivity contribution < 1.29 is 14.3 Å². The summed E-state index contributed by atoms with van der Waals surface area (Å²) in [5, 5.41) is 9.03. The fourth-order valence-corrected chi connectivity index (χ4v) is 1.57. The summed E-state index contributed by atoms with van der Waals surface area (Å²) in [4.78, 5) is 15.1. The molecule has 86 valence electrons. The van der Waals surface area contributed by atoms with E-state index in [1.165, 1.54) is 18.3 Å². The molecular formula is C13H10FNO2. The molecule has 17 heavy (non-hydrogen) atoms. The van der Waals surface area contributed by atoms with Gasteiger partial charge in [-0.3, -0.25) is 4.98 Å². The van der Waals surface area contributed by atoms with E-state index < -0.39 is 11.8 Å². The zero-order valence-corrected chi connectivity index (χ0v) is 9.14. The summed E-state index contributed by atoms with van der Waals surface area (Å²) >= 11 is 0. The summed E-state index contributed by atoms with van der Waals surface area (Å²) < 4.78 is 13.2.